The van der Waals surface area contributed by atoms with Gasteiger partial charge in [-0.3, -0.25) is 9.59 Å². The molecule has 10 heteroatoms. The number of hydrazone groups is 1. The van der Waals surface area contributed by atoms with E-state index in [9.17, 15) is 14.7 Å². The summed E-state index contributed by atoms with van der Waals surface area (Å²) in [7, 11) is 0. The molecule has 0 saturated heterocycles. The number of nitrogens with one attached hydrogen (secondary N) is 2. The van der Waals surface area contributed by atoms with Gasteiger partial charge in [-0.25, -0.2) is 5.43 Å². The van der Waals surface area contributed by atoms with Gasteiger partial charge in [0.1, 0.15) is 11.8 Å². The standard InChI is InChI=1S/C19H17Br2Cl2N3O3/c1-9(2)16(25-18(28)12-4-3-11(22)7-15(12)23)19(29)26-24-8-10-5-13(20)17(27)14(21)6-10/h3-9,16,27H,1-2H3,(H,25,28)(H,26,29). The second-order valence-corrected chi connectivity index (χ2v) is 8.94. The maximum atomic E-state index is 12.5. The number of aromatic hydroxyl groups is 1. The van der Waals surface area contributed by atoms with Crippen LogP contribution in [0.3, 0.4) is 0 Å². The van der Waals surface area contributed by atoms with Crippen molar-refractivity contribution in [2.45, 2.75) is 19.9 Å². The van der Waals surface area contributed by atoms with E-state index in [4.69, 9.17) is 23.2 Å². The molecule has 2 amide bonds. The lowest BCUT2D eigenvalue weighted by Gasteiger charge is -2.20. The Kier molecular flexibility index (Phi) is 8.51. The maximum Gasteiger partial charge on any atom is 0.262 e. The van der Waals surface area contributed by atoms with Crippen LogP contribution in [-0.2, 0) is 4.79 Å². The normalized spacial score (nSPS) is 12.2. The number of nitrogens with zero attached hydrogens (tertiary/aromatic N) is 1. The minimum absolute atomic E-state index is 0.0645. The van der Waals surface area contributed by atoms with Gasteiger partial charge in [0, 0.05) is 5.02 Å². The molecular weight excluding hydrogens is 549 g/mol. The fourth-order valence-corrected chi connectivity index (χ4v) is 4.04. The Morgan fingerprint density at radius 1 is 1.14 bits per heavy atom. The second kappa shape index (κ2) is 10.4. The maximum absolute atomic E-state index is 12.5. The van der Waals surface area contributed by atoms with Gasteiger partial charge in [-0.05, 0) is 73.7 Å². The number of carbonyl (C=O) groups excluding carboxylic acids is 2. The molecule has 0 fully saturated rings. The van der Waals surface area contributed by atoms with E-state index in [1.54, 1.807) is 32.0 Å². The van der Waals surface area contributed by atoms with Crippen LogP contribution < -0.4 is 10.7 Å². The van der Waals surface area contributed by atoms with Crippen LogP contribution >= 0.6 is 55.1 Å². The monoisotopic (exact) mass is 563 g/mol. The van der Waals surface area contributed by atoms with E-state index < -0.39 is 17.9 Å². The van der Waals surface area contributed by atoms with Crippen LogP contribution in [0.1, 0.15) is 29.8 Å². The molecule has 2 rings (SSSR count). The minimum Gasteiger partial charge on any atom is -0.506 e. The number of carbonyl (C=O) groups is 2. The molecular formula is C19H17Br2Cl2N3O3. The minimum atomic E-state index is -0.829. The highest BCUT2D eigenvalue weighted by molar-refractivity contribution is 9.11. The number of hydrogen-bond donors (Lipinski definition) is 3. The van der Waals surface area contributed by atoms with Crippen molar-refractivity contribution in [1.29, 1.82) is 0 Å². The first-order valence-corrected chi connectivity index (χ1v) is 10.7. The lowest BCUT2D eigenvalue weighted by atomic mass is 10.0. The average molecular weight is 566 g/mol. The first kappa shape index (κ1) is 23.7. The molecule has 0 radical (unpaired) electrons. The fourth-order valence-electron chi connectivity index (χ4n) is 2.33. The molecule has 2 aromatic rings. The smallest absolute Gasteiger partial charge is 0.262 e. The third kappa shape index (κ3) is 6.44. The summed E-state index contributed by atoms with van der Waals surface area (Å²) < 4.78 is 0.957. The molecule has 0 aliphatic carbocycles. The van der Waals surface area contributed by atoms with Crippen molar-refractivity contribution in [3.05, 3.63) is 60.4 Å². The summed E-state index contributed by atoms with van der Waals surface area (Å²) in [5.74, 6) is -1.10. The predicted molar refractivity (Wildman–Crippen MR) is 122 cm³/mol. The van der Waals surface area contributed by atoms with Gasteiger partial charge in [0.2, 0.25) is 0 Å². The summed E-state index contributed by atoms with van der Waals surface area (Å²) in [5.41, 5.74) is 3.27. The summed E-state index contributed by atoms with van der Waals surface area (Å²) in [6.45, 7) is 3.60. The van der Waals surface area contributed by atoms with Gasteiger partial charge in [-0.1, -0.05) is 37.0 Å². The van der Waals surface area contributed by atoms with E-state index in [0.717, 1.165) is 0 Å². The molecule has 0 bridgehead atoms. The van der Waals surface area contributed by atoms with Crippen LogP contribution in [0.2, 0.25) is 10.0 Å². The van der Waals surface area contributed by atoms with Gasteiger partial charge in [0.05, 0.1) is 25.7 Å². The molecule has 29 heavy (non-hydrogen) atoms. The Morgan fingerprint density at radius 3 is 2.31 bits per heavy atom. The van der Waals surface area contributed by atoms with Crippen molar-refractivity contribution in [3.63, 3.8) is 0 Å². The van der Waals surface area contributed by atoms with Gasteiger partial charge in [-0.15, -0.1) is 0 Å². The van der Waals surface area contributed by atoms with Crippen LogP contribution in [0, 0.1) is 5.92 Å². The van der Waals surface area contributed by atoms with Gasteiger partial charge >= 0.3 is 0 Å². The number of benzene rings is 2. The van der Waals surface area contributed by atoms with E-state index in [1.807, 2.05) is 0 Å². The predicted octanol–water partition coefficient (Wildman–Crippen LogP) is 5.13. The highest BCUT2D eigenvalue weighted by Gasteiger charge is 2.25. The van der Waals surface area contributed by atoms with E-state index in [1.165, 1.54) is 18.3 Å². The molecule has 1 unspecified atom stereocenters. The highest BCUT2D eigenvalue weighted by Crippen LogP contribution is 2.32. The number of amides is 2. The van der Waals surface area contributed by atoms with Crippen LogP contribution in [0.4, 0.5) is 0 Å². The molecule has 2 aromatic carbocycles. The van der Waals surface area contributed by atoms with Gasteiger partial charge < -0.3 is 10.4 Å². The zero-order valence-electron chi connectivity index (χ0n) is 15.3. The van der Waals surface area contributed by atoms with Gasteiger partial charge in [0.25, 0.3) is 11.8 Å². The van der Waals surface area contributed by atoms with Gasteiger partial charge in [-0.2, -0.15) is 5.10 Å². The van der Waals surface area contributed by atoms with Gasteiger partial charge in [0.15, 0.2) is 0 Å². The zero-order chi connectivity index (χ0) is 21.7. The Bertz CT molecular complexity index is 945. The van der Waals surface area contributed by atoms with Crippen molar-refractivity contribution in [2.24, 2.45) is 11.0 Å². The zero-order valence-corrected chi connectivity index (χ0v) is 20.0. The number of phenols is 1. The lowest BCUT2D eigenvalue weighted by molar-refractivity contribution is -0.123. The molecule has 0 saturated carbocycles. The SMILES string of the molecule is CC(C)C(NC(=O)c1ccc(Cl)cc1Cl)C(=O)NN=Cc1cc(Br)c(O)c(Br)c1. The number of rotatable bonds is 6. The highest BCUT2D eigenvalue weighted by atomic mass is 79.9. The lowest BCUT2D eigenvalue weighted by Crippen LogP contribution is -2.48. The summed E-state index contributed by atoms with van der Waals surface area (Å²) in [6.07, 6.45) is 1.42. The van der Waals surface area contributed by atoms with Crippen LogP contribution in [0.5, 0.6) is 5.75 Å². The Balaban J connectivity index is 2.08. The Hall–Kier alpha value is -1.61. The topological polar surface area (TPSA) is 90.8 Å². The number of halogens is 4. The van der Waals surface area contributed by atoms with Crippen molar-refractivity contribution < 1.29 is 14.7 Å². The third-order valence-electron chi connectivity index (χ3n) is 3.84. The molecule has 0 heterocycles. The third-order valence-corrected chi connectivity index (χ3v) is 5.60. The molecule has 0 spiro atoms. The summed E-state index contributed by atoms with van der Waals surface area (Å²) >= 11 is 18.4. The average Bonchev–Trinajstić information content (AvgIpc) is 2.63. The quantitative estimate of drug-likeness (QED) is 0.335. The first-order valence-electron chi connectivity index (χ1n) is 8.37. The first-order chi connectivity index (χ1) is 13.6. The largest absolute Gasteiger partial charge is 0.506 e. The van der Waals surface area contributed by atoms with E-state index in [-0.39, 0.29) is 22.3 Å². The fraction of sp³-hybridized carbons (Fsp3) is 0.211. The molecule has 3 N–H and O–H groups in total. The second-order valence-electron chi connectivity index (χ2n) is 6.39. The van der Waals surface area contributed by atoms with Crippen molar-refractivity contribution in [2.75, 3.05) is 0 Å². The van der Waals surface area contributed by atoms with E-state index in [2.05, 4.69) is 47.7 Å². The van der Waals surface area contributed by atoms with Crippen molar-refractivity contribution in [1.82, 2.24) is 10.7 Å². The number of phenolic OH excluding ortho intramolecular Hbond substituents is 1. The van der Waals surface area contributed by atoms with Crippen molar-refractivity contribution in [3.8, 4) is 5.75 Å². The van der Waals surface area contributed by atoms with Crippen molar-refractivity contribution >= 4 is 73.1 Å². The number of hydrogen-bond acceptors (Lipinski definition) is 4. The van der Waals surface area contributed by atoms with Crippen LogP contribution in [-0.4, -0.2) is 29.2 Å². The van der Waals surface area contributed by atoms with E-state index in [0.29, 0.717) is 19.5 Å². The Morgan fingerprint density at radius 2 is 1.76 bits per heavy atom. The molecule has 0 aliphatic heterocycles. The molecule has 6 nitrogen and oxygen atoms in total. The molecule has 0 aliphatic rings. The summed E-state index contributed by atoms with van der Waals surface area (Å²) in [5, 5.41) is 16.9. The summed E-state index contributed by atoms with van der Waals surface area (Å²) in [4.78, 5) is 25.0. The Labute approximate surface area is 194 Å². The van der Waals surface area contributed by atoms with E-state index >= 15 is 0 Å². The summed E-state index contributed by atoms with van der Waals surface area (Å²) in [6, 6.07) is 6.95. The molecule has 1 atom stereocenters. The molecule has 0 aromatic heterocycles. The van der Waals surface area contributed by atoms with Crippen LogP contribution in [0.15, 0.2) is 44.4 Å². The molecule has 154 valence electrons. The van der Waals surface area contributed by atoms with Crippen LogP contribution in [0.25, 0.3) is 0 Å².